The molecule has 0 saturated heterocycles. The van der Waals surface area contributed by atoms with Crippen LogP contribution in [0.2, 0.25) is 0 Å². The number of carbonyl (C=O) groups is 1. The molecule has 102 valence electrons. The Morgan fingerprint density at radius 1 is 1.50 bits per heavy atom. The summed E-state index contributed by atoms with van der Waals surface area (Å²) in [6.45, 7) is 5.05. The van der Waals surface area contributed by atoms with Gasteiger partial charge in [-0.05, 0) is 18.9 Å². The molecule has 5 nitrogen and oxygen atoms in total. The first-order valence-electron chi connectivity index (χ1n) is 6.55. The number of nitrogens with zero attached hydrogens (tertiary/aromatic N) is 2. The maximum absolute atomic E-state index is 12.2. The van der Waals surface area contributed by atoms with Gasteiger partial charge in [0.15, 0.2) is 0 Å². The van der Waals surface area contributed by atoms with Gasteiger partial charge in [0.05, 0.1) is 5.41 Å². The normalized spacial score (nSPS) is 11.6. The number of hydrogen-bond donors (Lipinski definition) is 2. The maximum atomic E-state index is 12.2. The summed E-state index contributed by atoms with van der Waals surface area (Å²) in [6, 6.07) is 1.96. The third kappa shape index (κ3) is 3.10. The van der Waals surface area contributed by atoms with Crippen LogP contribution in [-0.2, 0) is 18.3 Å². The third-order valence-electron chi connectivity index (χ3n) is 3.82. The number of carbonyl (C=O) groups excluding carboxylic acids is 1. The van der Waals surface area contributed by atoms with Gasteiger partial charge >= 0.3 is 0 Å². The Balaban J connectivity index is 2.48. The zero-order chi connectivity index (χ0) is 13.6. The Labute approximate surface area is 109 Å². The number of nitrogens with one attached hydrogen (secondary N) is 1. The number of aromatic nitrogens is 2. The van der Waals surface area contributed by atoms with Crippen LogP contribution >= 0.6 is 0 Å². The van der Waals surface area contributed by atoms with Crippen molar-refractivity contribution in [3.8, 4) is 0 Å². The molecule has 0 spiro atoms. The largest absolute Gasteiger partial charge is 0.355 e. The second-order valence-corrected chi connectivity index (χ2v) is 4.64. The Hall–Kier alpha value is -1.36. The van der Waals surface area contributed by atoms with Crippen LogP contribution < -0.4 is 11.1 Å². The molecule has 1 rings (SSSR count). The van der Waals surface area contributed by atoms with E-state index in [1.54, 1.807) is 6.20 Å². The number of nitrogens with two attached hydrogens (primary N) is 1. The van der Waals surface area contributed by atoms with Gasteiger partial charge in [0.25, 0.3) is 0 Å². The van der Waals surface area contributed by atoms with E-state index in [9.17, 15) is 4.79 Å². The standard InChI is InChI=1S/C13H24N4O/c1-4-13(5-2,10-14)12(18)15-8-6-11-7-9-16-17(11)3/h7,9H,4-6,8,10,14H2,1-3H3,(H,15,18). The van der Waals surface area contributed by atoms with E-state index in [4.69, 9.17) is 5.73 Å². The van der Waals surface area contributed by atoms with E-state index >= 15 is 0 Å². The third-order valence-corrected chi connectivity index (χ3v) is 3.82. The average molecular weight is 252 g/mol. The summed E-state index contributed by atoms with van der Waals surface area (Å²) in [5, 5.41) is 7.08. The second kappa shape index (κ2) is 6.54. The minimum absolute atomic E-state index is 0.0668. The van der Waals surface area contributed by atoms with Gasteiger partial charge in [-0.15, -0.1) is 0 Å². The highest BCUT2D eigenvalue weighted by Crippen LogP contribution is 2.24. The van der Waals surface area contributed by atoms with Crippen molar-refractivity contribution in [3.63, 3.8) is 0 Å². The van der Waals surface area contributed by atoms with Crippen LogP contribution in [0, 0.1) is 5.41 Å². The molecule has 3 N–H and O–H groups in total. The fraction of sp³-hybridized carbons (Fsp3) is 0.692. The van der Waals surface area contributed by atoms with Gasteiger partial charge in [-0.3, -0.25) is 9.48 Å². The van der Waals surface area contributed by atoms with Crippen LogP contribution in [0.4, 0.5) is 0 Å². The minimum Gasteiger partial charge on any atom is -0.355 e. The van der Waals surface area contributed by atoms with Gasteiger partial charge in [-0.1, -0.05) is 13.8 Å². The van der Waals surface area contributed by atoms with E-state index in [0.29, 0.717) is 13.1 Å². The van der Waals surface area contributed by atoms with Crippen molar-refractivity contribution in [2.24, 2.45) is 18.2 Å². The van der Waals surface area contributed by atoms with Crippen molar-refractivity contribution in [1.29, 1.82) is 0 Å². The molecule has 18 heavy (non-hydrogen) atoms. The summed E-state index contributed by atoms with van der Waals surface area (Å²) in [4.78, 5) is 12.2. The molecule has 0 atom stereocenters. The van der Waals surface area contributed by atoms with Crippen LogP contribution in [0.5, 0.6) is 0 Å². The minimum atomic E-state index is -0.410. The quantitative estimate of drug-likeness (QED) is 0.755. The van der Waals surface area contributed by atoms with Crippen LogP contribution in [0.1, 0.15) is 32.4 Å². The number of aryl methyl sites for hydroxylation is 1. The molecule has 1 aromatic heterocycles. The molecule has 0 radical (unpaired) electrons. The first kappa shape index (κ1) is 14.7. The molecule has 1 amide bonds. The molecule has 0 fully saturated rings. The Bertz CT molecular complexity index is 374. The van der Waals surface area contributed by atoms with Crippen molar-refractivity contribution in [1.82, 2.24) is 15.1 Å². The van der Waals surface area contributed by atoms with Gasteiger partial charge in [0.2, 0.25) is 5.91 Å². The SMILES string of the molecule is CCC(CC)(CN)C(=O)NCCc1ccnn1C. The summed E-state index contributed by atoms with van der Waals surface area (Å²) < 4.78 is 1.82. The summed E-state index contributed by atoms with van der Waals surface area (Å²) in [5.74, 6) is 0.0668. The topological polar surface area (TPSA) is 72.9 Å². The lowest BCUT2D eigenvalue weighted by Gasteiger charge is -2.28. The Morgan fingerprint density at radius 3 is 2.61 bits per heavy atom. The monoisotopic (exact) mass is 252 g/mol. The number of amides is 1. The van der Waals surface area contributed by atoms with E-state index in [1.165, 1.54) is 0 Å². The van der Waals surface area contributed by atoms with Crippen molar-refractivity contribution in [2.75, 3.05) is 13.1 Å². The maximum Gasteiger partial charge on any atom is 0.227 e. The van der Waals surface area contributed by atoms with Gasteiger partial charge in [0, 0.05) is 38.4 Å². The lowest BCUT2D eigenvalue weighted by Crippen LogP contribution is -2.45. The lowest BCUT2D eigenvalue weighted by atomic mass is 9.81. The fourth-order valence-electron chi connectivity index (χ4n) is 2.09. The molecule has 0 bridgehead atoms. The number of rotatable bonds is 7. The average Bonchev–Trinajstić information content (AvgIpc) is 2.78. The van der Waals surface area contributed by atoms with Crippen LogP contribution in [0.15, 0.2) is 12.3 Å². The molecule has 0 aliphatic carbocycles. The smallest absolute Gasteiger partial charge is 0.227 e. The molecule has 1 heterocycles. The molecule has 0 aliphatic heterocycles. The zero-order valence-electron chi connectivity index (χ0n) is 11.6. The molecule has 1 aromatic rings. The van der Waals surface area contributed by atoms with Crippen LogP contribution in [-0.4, -0.2) is 28.8 Å². The predicted octanol–water partition coefficient (Wildman–Crippen LogP) is 0.844. The Morgan fingerprint density at radius 2 is 2.17 bits per heavy atom. The highest BCUT2D eigenvalue weighted by Gasteiger charge is 2.32. The molecule has 5 heteroatoms. The van der Waals surface area contributed by atoms with E-state index in [2.05, 4.69) is 10.4 Å². The predicted molar refractivity (Wildman–Crippen MR) is 72.0 cm³/mol. The van der Waals surface area contributed by atoms with Crippen molar-refractivity contribution >= 4 is 5.91 Å². The van der Waals surface area contributed by atoms with Crippen molar-refractivity contribution in [2.45, 2.75) is 33.1 Å². The summed E-state index contributed by atoms with van der Waals surface area (Å²) in [6.07, 6.45) is 4.10. The van der Waals surface area contributed by atoms with Crippen molar-refractivity contribution in [3.05, 3.63) is 18.0 Å². The summed E-state index contributed by atoms with van der Waals surface area (Å²) in [5.41, 5.74) is 6.45. The van der Waals surface area contributed by atoms with Gasteiger partial charge < -0.3 is 11.1 Å². The van der Waals surface area contributed by atoms with Gasteiger partial charge in [-0.25, -0.2) is 0 Å². The highest BCUT2D eigenvalue weighted by atomic mass is 16.2. The van der Waals surface area contributed by atoms with E-state index in [0.717, 1.165) is 25.0 Å². The van der Waals surface area contributed by atoms with Crippen molar-refractivity contribution < 1.29 is 4.79 Å². The molecular formula is C13H24N4O. The second-order valence-electron chi connectivity index (χ2n) is 4.64. The van der Waals surface area contributed by atoms with Crippen LogP contribution in [0.25, 0.3) is 0 Å². The lowest BCUT2D eigenvalue weighted by molar-refractivity contribution is -0.131. The van der Waals surface area contributed by atoms with E-state index < -0.39 is 5.41 Å². The fourth-order valence-corrected chi connectivity index (χ4v) is 2.09. The summed E-state index contributed by atoms with van der Waals surface area (Å²) in [7, 11) is 1.90. The first-order valence-corrected chi connectivity index (χ1v) is 6.55. The molecular weight excluding hydrogens is 228 g/mol. The molecule has 0 aliphatic rings. The van der Waals surface area contributed by atoms with E-state index in [-0.39, 0.29) is 5.91 Å². The highest BCUT2D eigenvalue weighted by molar-refractivity contribution is 5.82. The summed E-state index contributed by atoms with van der Waals surface area (Å²) >= 11 is 0. The first-order chi connectivity index (χ1) is 8.59. The zero-order valence-corrected chi connectivity index (χ0v) is 11.6. The Kier molecular flexibility index (Phi) is 5.34. The van der Waals surface area contributed by atoms with Crippen LogP contribution in [0.3, 0.4) is 0 Å². The molecule has 0 unspecified atom stereocenters. The molecule has 0 saturated carbocycles. The number of hydrogen-bond acceptors (Lipinski definition) is 3. The van der Waals surface area contributed by atoms with Gasteiger partial charge in [-0.2, -0.15) is 5.10 Å². The van der Waals surface area contributed by atoms with E-state index in [1.807, 2.05) is 31.6 Å². The molecule has 0 aromatic carbocycles. The van der Waals surface area contributed by atoms with Gasteiger partial charge in [0.1, 0.15) is 0 Å².